The molecule has 0 fully saturated rings. The third kappa shape index (κ3) is 4.99. The Hall–Kier alpha value is -2.99. The fourth-order valence-corrected chi connectivity index (χ4v) is 3.06. The number of fused-ring (bicyclic) bond motifs is 1. The van der Waals surface area contributed by atoms with Gasteiger partial charge in [-0.25, -0.2) is 10.4 Å². The van der Waals surface area contributed by atoms with Crippen LogP contribution in [0.4, 0.5) is 5.13 Å². The van der Waals surface area contributed by atoms with Crippen LogP contribution >= 0.6 is 11.3 Å². The van der Waals surface area contributed by atoms with E-state index in [-0.39, 0.29) is 12.5 Å². The molecule has 0 aliphatic heterocycles. The highest BCUT2D eigenvalue weighted by Crippen LogP contribution is 2.24. The minimum Gasteiger partial charge on any atom is -0.352 e. The van der Waals surface area contributed by atoms with Crippen molar-refractivity contribution in [2.24, 2.45) is 5.10 Å². The number of para-hydroxylation sites is 1. The lowest BCUT2D eigenvalue weighted by molar-refractivity contribution is -0.119. The van der Waals surface area contributed by atoms with E-state index >= 15 is 0 Å². The molecule has 0 aliphatic rings. The molecule has 0 spiro atoms. The molecule has 0 aliphatic carbocycles. The average Bonchev–Trinajstić information content (AvgIpc) is 3.04. The topological polar surface area (TPSA) is 66.4 Å². The predicted octanol–water partition coefficient (Wildman–Crippen LogP) is 3.91. The van der Waals surface area contributed by atoms with Gasteiger partial charge in [0.2, 0.25) is 0 Å². The van der Waals surface area contributed by atoms with Gasteiger partial charge in [0.25, 0.3) is 5.91 Å². The van der Waals surface area contributed by atoms with Gasteiger partial charge in [-0.2, -0.15) is 5.10 Å². The van der Waals surface area contributed by atoms with Gasteiger partial charge in [0.15, 0.2) is 5.13 Å². The highest BCUT2D eigenvalue weighted by Gasteiger charge is 2.04. The molecule has 0 atom stereocenters. The summed E-state index contributed by atoms with van der Waals surface area (Å²) in [5.41, 5.74) is 5.48. The number of hydrogen-bond donors (Lipinski definition) is 2. The van der Waals surface area contributed by atoms with Crippen molar-refractivity contribution in [2.45, 2.75) is 6.92 Å². The van der Waals surface area contributed by atoms with Crippen molar-refractivity contribution in [3.63, 3.8) is 0 Å². The van der Waals surface area contributed by atoms with Crippen molar-refractivity contribution >= 4 is 44.9 Å². The molecule has 1 aromatic heterocycles. The number of nitrogens with zero attached hydrogens (tertiary/aromatic N) is 2. The van der Waals surface area contributed by atoms with Gasteiger partial charge in [-0.1, -0.05) is 59.9 Å². The molecule has 0 saturated carbocycles. The third-order valence-electron chi connectivity index (χ3n) is 3.35. The third-order valence-corrected chi connectivity index (χ3v) is 4.34. The molecule has 0 bridgehead atoms. The number of carbonyl (C=O) groups is 1. The summed E-state index contributed by atoms with van der Waals surface area (Å²) in [6.45, 7) is 2.06. The smallest absolute Gasteiger partial charge is 0.259 e. The van der Waals surface area contributed by atoms with Gasteiger partial charge in [0, 0.05) is 0 Å². The molecule has 6 heteroatoms. The molecule has 1 heterocycles. The number of thiazole rings is 1. The van der Waals surface area contributed by atoms with E-state index in [9.17, 15) is 4.79 Å². The van der Waals surface area contributed by atoms with Crippen LogP contribution in [0.15, 0.2) is 65.3 Å². The number of amides is 1. The van der Waals surface area contributed by atoms with Crippen LogP contribution in [0.1, 0.15) is 12.5 Å². The van der Waals surface area contributed by atoms with E-state index in [4.69, 9.17) is 0 Å². The molecular formula is C19H18N4OS. The van der Waals surface area contributed by atoms with Crippen molar-refractivity contribution in [3.05, 3.63) is 65.7 Å². The molecule has 0 radical (unpaired) electrons. The molecular weight excluding hydrogens is 332 g/mol. The summed E-state index contributed by atoms with van der Waals surface area (Å²) in [6, 6.07) is 17.8. The second kappa shape index (κ2) is 8.21. The first-order valence-corrected chi connectivity index (χ1v) is 8.67. The summed E-state index contributed by atoms with van der Waals surface area (Å²) in [5.74, 6) is -0.219. The fourth-order valence-electron chi connectivity index (χ4n) is 2.20. The Morgan fingerprint density at radius 1 is 1.16 bits per heavy atom. The minimum absolute atomic E-state index is 0.124. The molecule has 2 aromatic carbocycles. The summed E-state index contributed by atoms with van der Waals surface area (Å²) in [4.78, 5) is 16.3. The largest absolute Gasteiger partial charge is 0.352 e. The van der Waals surface area contributed by atoms with Crippen LogP contribution in [-0.2, 0) is 4.79 Å². The zero-order valence-corrected chi connectivity index (χ0v) is 14.6. The average molecular weight is 350 g/mol. The SMILES string of the molecule is CC(/C=N\NC(=O)CNc1nc2ccccc2s1)=C\c1ccccc1. The lowest BCUT2D eigenvalue weighted by atomic mass is 10.1. The number of aromatic nitrogens is 1. The molecule has 0 saturated heterocycles. The van der Waals surface area contributed by atoms with Crippen LogP contribution in [-0.4, -0.2) is 23.7 Å². The number of nitrogens with one attached hydrogen (secondary N) is 2. The number of anilines is 1. The summed E-state index contributed by atoms with van der Waals surface area (Å²) in [5, 5.41) is 7.71. The summed E-state index contributed by atoms with van der Waals surface area (Å²) in [7, 11) is 0. The van der Waals surface area contributed by atoms with Gasteiger partial charge >= 0.3 is 0 Å². The first kappa shape index (κ1) is 16.9. The quantitative estimate of drug-likeness (QED) is 0.523. The molecule has 25 heavy (non-hydrogen) atoms. The summed E-state index contributed by atoms with van der Waals surface area (Å²) in [6.07, 6.45) is 3.62. The maximum atomic E-state index is 11.8. The fraction of sp³-hybridized carbons (Fsp3) is 0.105. The number of hydrogen-bond acceptors (Lipinski definition) is 5. The Kier molecular flexibility index (Phi) is 5.53. The van der Waals surface area contributed by atoms with Crippen molar-refractivity contribution < 1.29 is 4.79 Å². The highest BCUT2D eigenvalue weighted by molar-refractivity contribution is 7.22. The second-order valence-electron chi connectivity index (χ2n) is 5.43. The zero-order chi connectivity index (χ0) is 17.5. The van der Waals surface area contributed by atoms with E-state index < -0.39 is 0 Å². The van der Waals surface area contributed by atoms with E-state index in [0.717, 1.165) is 26.5 Å². The van der Waals surface area contributed by atoms with Gasteiger partial charge < -0.3 is 5.32 Å². The molecule has 1 amide bonds. The molecule has 126 valence electrons. The molecule has 3 rings (SSSR count). The Morgan fingerprint density at radius 2 is 1.92 bits per heavy atom. The Balaban J connectivity index is 1.48. The monoisotopic (exact) mass is 350 g/mol. The van der Waals surface area contributed by atoms with Crippen LogP contribution in [0, 0.1) is 0 Å². The van der Waals surface area contributed by atoms with Crippen molar-refractivity contribution in [1.82, 2.24) is 10.4 Å². The first-order valence-electron chi connectivity index (χ1n) is 7.85. The normalized spacial score (nSPS) is 11.8. The second-order valence-corrected chi connectivity index (χ2v) is 6.46. The number of allylic oxidation sites excluding steroid dienone is 1. The Bertz CT molecular complexity index is 882. The van der Waals surface area contributed by atoms with Gasteiger partial charge in [0.1, 0.15) is 0 Å². The lowest BCUT2D eigenvalue weighted by Crippen LogP contribution is -2.25. The number of hydrazone groups is 1. The van der Waals surface area contributed by atoms with Gasteiger partial charge in [0.05, 0.1) is 23.0 Å². The summed E-state index contributed by atoms with van der Waals surface area (Å²) >= 11 is 1.52. The van der Waals surface area contributed by atoms with Crippen LogP contribution in [0.3, 0.4) is 0 Å². The maximum absolute atomic E-state index is 11.8. The minimum atomic E-state index is -0.219. The highest BCUT2D eigenvalue weighted by atomic mass is 32.1. The van der Waals surface area contributed by atoms with Crippen LogP contribution < -0.4 is 10.7 Å². The van der Waals surface area contributed by atoms with E-state index in [0.29, 0.717) is 0 Å². The van der Waals surface area contributed by atoms with Gasteiger partial charge in [-0.3, -0.25) is 4.79 Å². The molecule has 2 N–H and O–H groups in total. The van der Waals surface area contributed by atoms with Crippen molar-refractivity contribution in [3.8, 4) is 0 Å². The van der Waals surface area contributed by atoms with Crippen LogP contribution in [0.5, 0.6) is 0 Å². The number of carbonyl (C=O) groups excluding carboxylic acids is 1. The number of rotatable bonds is 6. The zero-order valence-electron chi connectivity index (χ0n) is 13.8. The summed E-state index contributed by atoms with van der Waals surface area (Å²) < 4.78 is 1.09. The molecule has 3 aromatic rings. The molecule has 0 unspecified atom stereocenters. The van der Waals surface area contributed by atoms with Crippen LogP contribution in [0.25, 0.3) is 16.3 Å². The first-order chi connectivity index (χ1) is 12.2. The lowest BCUT2D eigenvalue weighted by Gasteiger charge is -2.01. The van der Waals surface area contributed by atoms with E-state index in [1.54, 1.807) is 6.21 Å². The predicted molar refractivity (Wildman–Crippen MR) is 105 cm³/mol. The number of benzene rings is 2. The molecule has 5 nitrogen and oxygen atoms in total. The maximum Gasteiger partial charge on any atom is 0.259 e. The van der Waals surface area contributed by atoms with Crippen LogP contribution in [0.2, 0.25) is 0 Å². The van der Waals surface area contributed by atoms with E-state index in [2.05, 4.69) is 20.8 Å². The van der Waals surface area contributed by atoms with Crippen molar-refractivity contribution in [1.29, 1.82) is 0 Å². The van der Waals surface area contributed by atoms with E-state index in [1.807, 2.05) is 67.6 Å². The standard InChI is InChI=1S/C19H18N4OS/c1-14(11-15-7-3-2-4-8-15)12-21-23-18(24)13-20-19-22-16-9-5-6-10-17(16)25-19/h2-12H,13H2,1H3,(H,20,22)(H,23,24)/b14-11+,21-12-. The Morgan fingerprint density at radius 3 is 2.72 bits per heavy atom. The van der Waals surface area contributed by atoms with Gasteiger partial charge in [-0.05, 0) is 30.2 Å². The van der Waals surface area contributed by atoms with E-state index in [1.165, 1.54) is 11.3 Å². The Labute approximate surface area is 150 Å². The van der Waals surface area contributed by atoms with Crippen molar-refractivity contribution in [2.75, 3.05) is 11.9 Å². The van der Waals surface area contributed by atoms with Gasteiger partial charge in [-0.15, -0.1) is 0 Å².